The minimum absolute atomic E-state index is 0.196. The first-order chi connectivity index (χ1) is 10.1. The van der Waals surface area contributed by atoms with Crippen LogP contribution in [-0.2, 0) is 11.3 Å². The van der Waals surface area contributed by atoms with Gasteiger partial charge in [-0.2, -0.15) is 0 Å². The third-order valence-corrected chi connectivity index (χ3v) is 3.17. The highest BCUT2D eigenvalue weighted by molar-refractivity contribution is 6.06. The van der Waals surface area contributed by atoms with Crippen molar-refractivity contribution < 1.29 is 13.9 Å². The Morgan fingerprint density at radius 3 is 2.95 bits per heavy atom. The van der Waals surface area contributed by atoms with Crippen LogP contribution in [0.1, 0.15) is 29.5 Å². The third-order valence-electron chi connectivity index (χ3n) is 3.17. The van der Waals surface area contributed by atoms with Gasteiger partial charge in [0, 0.05) is 26.8 Å². The van der Waals surface area contributed by atoms with Crippen molar-refractivity contribution in [2.24, 2.45) is 0 Å². The van der Waals surface area contributed by atoms with Crippen LogP contribution < -0.4 is 10.9 Å². The first-order valence-electron chi connectivity index (χ1n) is 6.85. The minimum Gasteiger partial charge on any atom is -0.442 e. The summed E-state index contributed by atoms with van der Waals surface area (Å²) < 4.78 is 11.9. The normalized spacial score (nSPS) is 11.0. The number of amides is 1. The first kappa shape index (κ1) is 15.2. The number of fused-ring (bicyclic) bond motifs is 1. The average Bonchev–Trinajstić information content (AvgIpc) is 2.79. The van der Waals surface area contributed by atoms with Crippen LogP contribution in [0.4, 0.5) is 0 Å². The van der Waals surface area contributed by atoms with Crippen LogP contribution in [0.5, 0.6) is 0 Å². The maximum absolute atomic E-state index is 12.5. The van der Waals surface area contributed by atoms with Gasteiger partial charge in [-0.1, -0.05) is 0 Å². The third kappa shape index (κ3) is 2.97. The van der Waals surface area contributed by atoms with Crippen molar-refractivity contribution in [2.75, 3.05) is 20.3 Å². The summed E-state index contributed by atoms with van der Waals surface area (Å²) in [6.45, 7) is 4.98. The molecule has 2 heterocycles. The number of nitrogens with one attached hydrogen (secondary N) is 1. The van der Waals surface area contributed by atoms with E-state index < -0.39 is 0 Å². The zero-order valence-electron chi connectivity index (χ0n) is 12.4. The fourth-order valence-corrected chi connectivity index (χ4v) is 2.20. The van der Waals surface area contributed by atoms with Gasteiger partial charge in [-0.05, 0) is 20.3 Å². The van der Waals surface area contributed by atoms with Crippen LogP contribution in [0.25, 0.3) is 11.1 Å². The molecule has 2 aromatic rings. The highest BCUT2D eigenvalue weighted by atomic mass is 16.5. The molecule has 0 radical (unpaired) electrons. The van der Waals surface area contributed by atoms with Gasteiger partial charge < -0.3 is 14.5 Å². The Hall–Kier alpha value is -2.15. The van der Waals surface area contributed by atoms with Crippen molar-refractivity contribution in [2.45, 2.75) is 26.8 Å². The molecule has 0 saturated carbocycles. The van der Waals surface area contributed by atoms with E-state index in [1.165, 1.54) is 10.9 Å². The van der Waals surface area contributed by atoms with E-state index in [9.17, 15) is 9.59 Å². The molecule has 0 aliphatic carbocycles. The van der Waals surface area contributed by atoms with Crippen molar-refractivity contribution in [3.63, 3.8) is 0 Å². The largest absolute Gasteiger partial charge is 0.442 e. The number of rotatable bonds is 6. The molecule has 0 atom stereocenters. The number of hydrogen-bond acceptors (Lipinski definition) is 5. The van der Waals surface area contributed by atoms with E-state index in [1.54, 1.807) is 14.0 Å². The highest BCUT2D eigenvalue weighted by Crippen LogP contribution is 2.20. The van der Waals surface area contributed by atoms with Crippen molar-refractivity contribution in [3.8, 4) is 0 Å². The van der Waals surface area contributed by atoms with Gasteiger partial charge in [0.2, 0.25) is 5.71 Å². The van der Waals surface area contributed by atoms with E-state index in [0.29, 0.717) is 31.9 Å². The van der Waals surface area contributed by atoms with Gasteiger partial charge in [-0.3, -0.25) is 14.2 Å². The van der Waals surface area contributed by atoms with Crippen LogP contribution in [0.15, 0.2) is 15.5 Å². The van der Waals surface area contributed by atoms with Gasteiger partial charge in [-0.25, -0.2) is 4.98 Å². The van der Waals surface area contributed by atoms with Crippen LogP contribution in [0.3, 0.4) is 0 Å². The summed E-state index contributed by atoms with van der Waals surface area (Å²) in [5.74, 6) is 0.0810. The topological polar surface area (TPSA) is 86.4 Å². The smallest absolute Gasteiger partial charge is 0.265 e. The Kier molecular flexibility index (Phi) is 4.74. The number of furan rings is 1. The van der Waals surface area contributed by atoms with Crippen LogP contribution in [0.2, 0.25) is 0 Å². The molecule has 0 aromatic carbocycles. The molecule has 2 rings (SSSR count). The Bertz CT molecular complexity index is 702. The maximum atomic E-state index is 12.5. The van der Waals surface area contributed by atoms with E-state index in [-0.39, 0.29) is 28.1 Å². The number of aryl methyl sites for hydroxylation is 2. The molecule has 0 fully saturated rings. The number of ether oxygens (including phenoxy) is 1. The van der Waals surface area contributed by atoms with Crippen molar-refractivity contribution in [1.82, 2.24) is 14.9 Å². The molecule has 0 aliphatic heterocycles. The molecule has 7 heteroatoms. The average molecular weight is 293 g/mol. The molecule has 114 valence electrons. The Morgan fingerprint density at radius 2 is 2.29 bits per heavy atom. The monoisotopic (exact) mass is 293 g/mol. The van der Waals surface area contributed by atoms with Gasteiger partial charge in [0.25, 0.3) is 11.5 Å². The molecule has 0 bridgehead atoms. The van der Waals surface area contributed by atoms with Crippen molar-refractivity contribution >= 4 is 17.0 Å². The summed E-state index contributed by atoms with van der Waals surface area (Å²) in [7, 11) is 1.61. The fraction of sp³-hybridized carbons (Fsp3) is 0.500. The summed E-state index contributed by atoms with van der Waals surface area (Å²) in [6.07, 6.45) is 2.13. The van der Waals surface area contributed by atoms with Gasteiger partial charge >= 0.3 is 0 Å². The van der Waals surface area contributed by atoms with Crippen LogP contribution in [-0.4, -0.2) is 35.7 Å². The quantitative estimate of drug-likeness (QED) is 0.805. The molecule has 0 aliphatic rings. The van der Waals surface area contributed by atoms with Gasteiger partial charge in [0.05, 0.1) is 5.56 Å². The van der Waals surface area contributed by atoms with E-state index in [0.717, 1.165) is 0 Å². The summed E-state index contributed by atoms with van der Waals surface area (Å²) in [5.41, 5.74) is 0.196. The molecule has 7 nitrogen and oxygen atoms in total. The molecule has 21 heavy (non-hydrogen) atoms. The van der Waals surface area contributed by atoms with E-state index in [1.807, 2.05) is 6.92 Å². The summed E-state index contributed by atoms with van der Waals surface area (Å²) in [5, 5.41) is 2.92. The zero-order chi connectivity index (χ0) is 15.4. The number of carbonyl (C=O) groups excluding carboxylic acids is 1. The summed E-state index contributed by atoms with van der Waals surface area (Å²) in [6, 6.07) is 0. The number of hydrogen-bond donors (Lipinski definition) is 1. The second-order valence-electron chi connectivity index (χ2n) is 4.66. The lowest BCUT2D eigenvalue weighted by atomic mass is 10.2. The Balaban J connectivity index is 2.49. The predicted molar refractivity (Wildman–Crippen MR) is 77.5 cm³/mol. The predicted octanol–water partition coefficient (Wildman–Crippen LogP) is 1.08. The maximum Gasteiger partial charge on any atom is 0.265 e. The Morgan fingerprint density at radius 1 is 1.52 bits per heavy atom. The SMILES string of the molecule is CCNC(=O)c1c(C)oc2ncn(CCCOC)c(=O)c12. The van der Waals surface area contributed by atoms with E-state index >= 15 is 0 Å². The van der Waals surface area contributed by atoms with Gasteiger partial charge in [-0.15, -0.1) is 0 Å². The molecular weight excluding hydrogens is 274 g/mol. The molecule has 2 aromatic heterocycles. The lowest BCUT2D eigenvalue weighted by Crippen LogP contribution is -2.26. The number of methoxy groups -OCH3 is 1. The standard InChI is InChI=1S/C14H19N3O4/c1-4-15-12(18)10-9(2)21-13-11(10)14(19)17(8-16-13)6-5-7-20-3/h8H,4-7H2,1-3H3,(H,15,18). The Labute approximate surface area is 121 Å². The first-order valence-corrected chi connectivity index (χ1v) is 6.85. The van der Waals surface area contributed by atoms with Gasteiger partial charge in [0.15, 0.2) is 0 Å². The molecular formula is C14H19N3O4. The lowest BCUT2D eigenvalue weighted by Gasteiger charge is -2.05. The van der Waals surface area contributed by atoms with Crippen molar-refractivity contribution in [1.29, 1.82) is 0 Å². The number of aromatic nitrogens is 2. The molecule has 0 spiro atoms. The number of carbonyl (C=O) groups is 1. The fourth-order valence-electron chi connectivity index (χ4n) is 2.20. The summed E-state index contributed by atoms with van der Waals surface area (Å²) >= 11 is 0. The zero-order valence-corrected chi connectivity index (χ0v) is 12.4. The molecule has 1 N–H and O–H groups in total. The van der Waals surface area contributed by atoms with E-state index in [2.05, 4.69) is 10.3 Å². The lowest BCUT2D eigenvalue weighted by molar-refractivity contribution is 0.0955. The van der Waals surface area contributed by atoms with Crippen molar-refractivity contribution in [3.05, 3.63) is 28.0 Å². The van der Waals surface area contributed by atoms with Crippen LogP contribution >= 0.6 is 0 Å². The van der Waals surface area contributed by atoms with Crippen LogP contribution in [0, 0.1) is 6.92 Å². The molecule has 0 unspecified atom stereocenters. The molecule has 1 amide bonds. The second-order valence-corrected chi connectivity index (χ2v) is 4.66. The highest BCUT2D eigenvalue weighted by Gasteiger charge is 2.22. The number of nitrogens with zero attached hydrogens (tertiary/aromatic N) is 2. The summed E-state index contributed by atoms with van der Waals surface area (Å²) in [4.78, 5) is 28.7. The van der Waals surface area contributed by atoms with E-state index in [4.69, 9.17) is 9.15 Å². The second kappa shape index (κ2) is 6.53. The molecule has 0 saturated heterocycles. The minimum atomic E-state index is -0.317. The van der Waals surface area contributed by atoms with Gasteiger partial charge in [0.1, 0.15) is 17.5 Å².